The molecule has 3 saturated heterocycles. The van der Waals surface area contributed by atoms with Crippen LogP contribution in [0, 0.1) is 5.82 Å². The number of nitrogens with zero attached hydrogens (tertiary/aromatic N) is 4. The zero-order chi connectivity index (χ0) is 31.8. The quantitative estimate of drug-likeness (QED) is 0.226. The number of halogens is 2. The summed E-state index contributed by atoms with van der Waals surface area (Å²) in [5, 5.41) is 1.57. The first kappa shape index (κ1) is 30.8. The van der Waals surface area contributed by atoms with Crippen molar-refractivity contribution in [2.24, 2.45) is 0 Å². The normalized spacial score (nSPS) is 22.0. The van der Waals surface area contributed by atoms with E-state index in [9.17, 15) is 9.18 Å². The van der Waals surface area contributed by atoms with Crippen LogP contribution in [0.4, 0.5) is 14.6 Å². The lowest BCUT2D eigenvalue weighted by Crippen LogP contribution is -2.43. The molecule has 3 aliphatic heterocycles. The fourth-order valence-corrected chi connectivity index (χ4v) is 7.32. The zero-order valence-corrected chi connectivity index (χ0v) is 26.2. The Labute approximate surface area is 265 Å². The van der Waals surface area contributed by atoms with Crippen LogP contribution in [-0.4, -0.2) is 86.5 Å². The molecule has 4 aromatic rings. The molecule has 0 unspecified atom stereocenters. The summed E-state index contributed by atoms with van der Waals surface area (Å²) in [5.41, 5.74) is 0.301. The lowest BCUT2D eigenvalue weighted by Gasteiger charge is -2.31. The maximum absolute atomic E-state index is 15.1. The largest absolute Gasteiger partial charge is 0.468 e. The Kier molecular flexibility index (Phi) is 8.51. The van der Waals surface area contributed by atoms with Gasteiger partial charge in [0.05, 0.1) is 17.7 Å². The van der Waals surface area contributed by atoms with Crippen LogP contribution in [0.1, 0.15) is 38.2 Å². The molecule has 46 heavy (non-hydrogen) atoms. The van der Waals surface area contributed by atoms with E-state index in [-0.39, 0.29) is 36.4 Å². The van der Waals surface area contributed by atoms with Crippen molar-refractivity contribution in [3.05, 3.63) is 52.1 Å². The SMILES string of the molecule is CCc1c(F)ccc2cc(OCOC)cc(-c3cc4nc(OC[C@@]56CCCN5C[C@H](F)C6)nc(N5CCCOCC5)c4c(=O)o3)c12. The molecule has 0 spiro atoms. The first-order chi connectivity index (χ1) is 22.4. The Balaban J connectivity index is 1.38. The highest BCUT2D eigenvalue weighted by Crippen LogP contribution is 2.41. The molecular formula is C34H38F2N4O6. The molecule has 2 aromatic carbocycles. The maximum Gasteiger partial charge on any atom is 0.349 e. The molecule has 3 aliphatic rings. The molecule has 0 N–H and O–H groups in total. The Morgan fingerprint density at radius 2 is 1.96 bits per heavy atom. The Morgan fingerprint density at radius 3 is 2.80 bits per heavy atom. The predicted molar refractivity (Wildman–Crippen MR) is 169 cm³/mol. The number of benzene rings is 2. The van der Waals surface area contributed by atoms with Crippen molar-refractivity contribution < 1.29 is 32.1 Å². The van der Waals surface area contributed by atoms with E-state index in [1.165, 1.54) is 13.2 Å². The average Bonchev–Trinajstić information content (AvgIpc) is 3.43. The monoisotopic (exact) mass is 636 g/mol. The van der Waals surface area contributed by atoms with Gasteiger partial charge in [0.2, 0.25) is 0 Å². The smallest absolute Gasteiger partial charge is 0.349 e. The van der Waals surface area contributed by atoms with Gasteiger partial charge in [-0.05, 0) is 66.8 Å². The fraction of sp³-hybridized carbons (Fsp3) is 0.500. The number of fused-ring (bicyclic) bond motifs is 3. The van der Waals surface area contributed by atoms with Crippen LogP contribution in [0.3, 0.4) is 0 Å². The molecule has 244 valence electrons. The van der Waals surface area contributed by atoms with E-state index < -0.39 is 17.3 Å². The molecule has 2 aromatic heterocycles. The molecule has 2 atom stereocenters. The molecule has 3 fully saturated rings. The topological polar surface area (TPSA) is 99.4 Å². The van der Waals surface area contributed by atoms with Gasteiger partial charge in [0, 0.05) is 51.4 Å². The number of anilines is 1. The number of aryl methyl sites for hydroxylation is 1. The number of methoxy groups -OCH3 is 1. The summed E-state index contributed by atoms with van der Waals surface area (Å²) < 4.78 is 58.4. The fourth-order valence-electron chi connectivity index (χ4n) is 7.32. The number of hydrogen-bond acceptors (Lipinski definition) is 10. The van der Waals surface area contributed by atoms with Crippen LogP contribution >= 0.6 is 0 Å². The molecule has 0 amide bonds. The van der Waals surface area contributed by atoms with Crippen molar-refractivity contribution in [2.75, 3.05) is 64.8 Å². The molecule has 7 rings (SSSR count). The lowest BCUT2D eigenvalue weighted by molar-refractivity contribution is 0.0512. The molecule has 0 aliphatic carbocycles. The molecule has 5 heterocycles. The first-order valence-corrected chi connectivity index (χ1v) is 16.0. The molecule has 0 bridgehead atoms. The van der Waals surface area contributed by atoms with Crippen LogP contribution in [0.25, 0.3) is 33.0 Å². The Bertz CT molecular complexity index is 1810. The number of ether oxygens (including phenoxy) is 4. The van der Waals surface area contributed by atoms with Crippen molar-refractivity contribution in [2.45, 2.75) is 50.7 Å². The zero-order valence-electron chi connectivity index (χ0n) is 26.2. The highest BCUT2D eigenvalue weighted by Gasteiger charge is 2.49. The van der Waals surface area contributed by atoms with Gasteiger partial charge in [-0.15, -0.1) is 0 Å². The summed E-state index contributed by atoms with van der Waals surface area (Å²) in [7, 11) is 1.52. The van der Waals surface area contributed by atoms with Gasteiger partial charge in [-0.2, -0.15) is 9.97 Å². The van der Waals surface area contributed by atoms with Crippen molar-refractivity contribution in [3.63, 3.8) is 0 Å². The van der Waals surface area contributed by atoms with Gasteiger partial charge >= 0.3 is 11.6 Å². The van der Waals surface area contributed by atoms with Crippen molar-refractivity contribution >= 4 is 27.5 Å². The molecule has 12 heteroatoms. The molecule has 10 nitrogen and oxygen atoms in total. The number of aromatic nitrogens is 2. The van der Waals surface area contributed by atoms with Crippen LogP contribution in [-0.2, 0) is 15.9 Å². The number of rotatable bonds is 9. The van der Waals surface area contributed by atoms with Gasteiger partial charge in [0.25, 0.3) is 0 Å². The molecule has 0 saturated carbocycles. The Morgan fingerprint density at radius 1 is 1.07 bits per heavy atom. The van der Waals surface area contributed by atoms with Crippen LogP contribution in [0.15, 0.2) is 39.5 Å². The van der Waals surface area contributed by atoms with Crippen molar-refractivity contribution in [1.29, 1.82) is 0 Å². The van der Waals surface area contributed by atoms with E-state index in [0.717, 1.165) is 31.2 Å². The average molecular weight is 637 g/mol. The molecule has 0 radical (unpaired) electrons. The van der Waals surface area contributed by atoms with Gasteiger partial charge in [0.1, 0.15) is 35.5 Å². The van der Waals surface area contributed by atoms with E-state index in [1.807, 2.05) is 11.8 Å². The summed E-state index contributed by atoms with van der Waals surface area (Å²) in [6.07, 6.45) is 2.53. The first-order valence-electron chi connectivity index (χ1n) is 16.0. The van der Waals surface area contributed by atoms with Crippen LogP contribution in [0.2, 0.25) is 0 Å². The Hall–Kier alpha value is -3.87. The predicted octanol–water partition coefficient (Wildman–Crippen LogP) is 5.27. The maximum atomic E-state index is 15.1. The summed E-state index contributed by atoms with van der Waals surface area (Å²) >= 11 is 0. The highest BCUT2D eigenvalue weighted by atomic mass is 19.1. The van der Waals surface area contributed by atoms with Crippen molar-refractivity contribution in [3.8, 4) is 23.1 Å². The minimum absolute atomic E-state index is 0.00729. The van der Waals surface area contributed by atoms with Crippen molar-refractivity contribution in [1.82, 2.24) is 14.9 Å². The van der Waals surface area contributed by atoms with Gasteiger partial charge in [-0.1, -0.05) is 13.0 Å². The lowest BCUT2D eigenvalue weighted by atomic mass is 9.95. The van der Waals surface area contributed by atoms with E-state index in [4.69, 9.17) is 33.3 Å². The second-order valence-electron chi connectivity index (χ2n) is 12.3. The third-order valence-electron chi connectivity index (χ3n) is 9.43. The van der Waals surface area contributed by atoms with Gasteiger partial charge in [-0.25, -0.2) is 13.6 Å². The third-order valence-corrected chi connectivity index (χ3v) is 9.43. The number of alkyl halides is 1. The van der Waals surface area contributed by atoms with Gasteiger partial charge in [-0.3, -0.25) is 4.90 Å². The van der Waals surface area contributed by atoms with Gasteiger partial charge in [0.15, 0.2) is 12.6 Å². The standard InChI is InChI=1S/C34H38F2N4O6/c1-3-24-26(36)7-6-21-14-23(45-20-42-2)15-25(29(21)24)28-16-27-30(32(41)46-28)31(39-9-5-12-43-13-11-39)38-33(37-27)44-19-34-8-4-10-40(34)18-22(35)17-34/h6-7,14-16,22H,3-5,8-13,17-20H2,1-2H3/t22-,34+/m1/s1. The van der Waals surface area contributed by atoms with Crippen LogP contribution < -0.4 is 20.0 Å². The highest BCUT2D eigenvalue weighted by molar-refractivity contribution is 6.01. The van der Waals surface area contributed by atoms with Gasteiger partial charge < -0.3 is 28.3 Å². The van der Waals surface area contributed by atoms with E-state index in [1.54, 1.807) is 24.3 Å². The minimum Gasteiger partial charge on any atom is -0.468 e. The van der Waals surface area contributed by atoms with E-state index in [0.29, 0.717) is 79.3 Å². The van der Waals surface area contributed by atoms with E-state index >= 15 is 4.39 Å². The second-order valence-corrected chi connectivity index (χ2v) is 12.3. The third kappa shape index (κ3) is 5.67. The van der Waals surface area contributed by atoms with Crippen LogP contribution in [0.5, 0.6) is 11.8 Å². The van der Waals surface area contributed by atoms with E-state index in [2.05, 4.69) is 4.90 Å². The second kappa shape index (κ2) is 12.7. The summed E-state index contributed by atoms with van der Waals surface area (Å²) in [6, 6.07) is 8.41. The summed E-state index contributed by atoms with van der Waals surface area (Å²) in [6.45, 7) is 5.61. The number of hydrogen-bond donors (Lipinski definition) is 0. The minimum atomic E-state index is -0.891. The summed E-state index contributed by atoms with van der Waals surface area (Å²) in [4.78, 5) is 27.5. The molecular weight excluding hydrogens is 598 g/mol. The summed E-state index contributed by atoms with van der Waals surface area (Å²) in [5.74, 6) is 0.734.